The van der Waals surface area contributed by atoms with Crippen LogP contribution in [0.15, 0.2) is 24.3 Å². The van der Waals surface area contributed by atoms with E-state index in [2.05, 4.69) is 31.6 Å². The van der Waals surface area contributed by atoms with E-state index < -0.39 is 0 Å². The average Bonchev–Trinajstić information content (AvgIpc) is 3.00. The molecule has 0 atom stereocenters. The van der Waals surface area contributed by atoms with E-state index in [0.717, 1.165) is 29.8 Å². The maximum Gasteiger partial charge on any atom is 0.224 e. The number of likely N-dealkylation sites (tertiary alicyclic amines) is 1. The Bertz CT molecular complexity index is 577. The molecule has 5 nitrogen and oxygen atoms in total. The lowest BCUT2D eigenvalue weighted by atomic mass is 10.2. The van der Waals surface area contributed by atoms with Crippen molar-refractivity contribution < 1.29 is 0 Å². The summed E-state index contributed by atoms with van der Waals surface area (Å²) >= 11 is 0. The molecule has 0 spiro atoms. The molecule has 1 aromatic heterocycles. The van der Waals surface area contributed by atoms with Gasteiger partial charge in [-0.2, -0.15) is 4.98 Å². The van der Waals surface area contributed by atoms with Crippen LogP contribution in [0, 0.1) is 0 Å². The number of anilines is 2. The molecule has 1 fully saturated rings. The van der Waals surface area contributed by atoms with Gasteiger partial charge in [0.25, 0.3) is 0 Å². The van der Waals surface area contributed by atoms with E-state index in [-0.39, 0.29) is 0 Å². The van der Waals surface area contributed by atoms with Crippen molar-refractivity contribution in [3.63, 3.8) is 0 Å². The molecule has 0 saturated carbocycles. The number of hydrogen-bond donors (Lipinski definition) is 2. The summed E-state index contributed by atoms with van der Waals surface area (Å²) in [5.74, 6) is 1.58. The Kier molecular flexibility index (Phi) is 3.97. The number of para-hydroxylation sites is 1. The second kappa shape index (κ2) is 6.05. The lowest BCUT2D eigenvalue weighted by molar-refractivity contribution is 0.352. The van der Waals surface area contributed by atoms with Gasteiger partial charge in [0.05, 0.1) is 5.52 Å². The number of hydrogen-bond acceptors (Lipinski definition) is 5. The summed E-state index contributed by atoms with van der Waals surface area (Å²) in [5.41, 5.74) is 0.968. The number of fused-ring (bicyclic) bond motifs is 1. The molecule has 2 heterocycles. The van der Waals surface area contributed by atoms with E-state index in [9.17, 15) is 0 Å². The van der Waals surface area contributed by atoms with Crippen molar-refractivity contribution in [3.05, 3.63) is 24.3 Å². The third-order valence-corrected chi connectivity index (χ3v) is 3.75. The Morgan fingerprint density at radius 1 is 1.15 bits per heavy atom. The summed E-state index contributed by atoms with van der Waals surface area (Å²) in [4.78, 5) is 11.5. The van der Waals surface area contributed by atoms with Crippen LogP contribution in [0.2, 0.25) is 0 Å². The SMILES string of the molecule is CNc1nc(NCCN2CCCC2)c2ccccc2n1. The molecule has 106 valence electrons. The molecular weight excluding hydrogens is 250 g/mol. The van der Waals surface area contributed by atoms with Crippen molar-refractivity contribution in [3.8, 4) is 0 Å². The van der Waals surface area contributed by atoms with Crippen LogP contribution in [0.25, 0.3) is 10.9 Å². The predicted octanol–water partition coefficient (Wildman–Crippen LogP) is 2.18. The highest BCUT2D eigenvalue weighted by Crippen LogP contribution is 2.21. The molecule has 5 heteroatoms. The summed E-state index contributed by atoms with van der Waals surface area (Å²) < 4.78 is 0. The number of aromatic nitrogens is 2. The van der Waals surface area contributed by atoms with Crippen LogP contribution in [0.3, 0.4) is 0 Å². The predicted molar refractivity (Wildman–Crippen MR) is 83.2 cm³/mol. The molecule has 0 bridgehead atoms. The van der Waals surface area contributed by atoms with E-state index in [1.165, 1.54) is 25.9 Å². The van der Waals surface area contributed by atoms with Gasteiger partial charge in [0, 0.05) is 25.5 Å². The van der Waals surface area contributed by atoms with Crippen molar-refractivity contribution in [2.45, 2.75) is 12.8 Å². The minimum Gasteiger partial charge on any atom is -0.368 e. The number of rotatable bonds is 5. The van der Waals surface area contributed by atoms with Gasteiger partial charge in [0.15, 0.2) is 0 Å². The van der Waals surface area contributed by atoms with Crippen LogP contribution >= 0.6 is 0 Å². The zero-order valence-electron chi connectivity index (χ0n) is 11.9. The average molecular weight is 271 g/mol. The molecule has 0 amide bonds. The van der Waals surface area contributed by atoms with Crippen LogP contribution in [0.4, 0.5) is 11.8 Å². The van der Waals surface area contributed by atoms with Crippen molar-refractivity contribution in [1.82, 2.24) is 14.9 Å². The number of benzene rings is 1. The summed E-state index contributed by atoms with van der Waals surface area (Å²) in [6.45, 7) is 4.46. The second-order valence-corrected chi connectivity index (χ2v) is 5.14. The highest BCUT2D eigenvalue weighted by Gasteiger charge is 2.11. The van der Waals surface area contributed by atoms with Crippen molar-refractivity contribution in [2.24, 2.45) is 0 Å². The van der Waals surface area contributed by atoms with Crippen molar-refractivity contribution >= 4 is 22.7 Å². The monoisotopic (exact) mass is 271 g/mol. The minimum absolute atomic E-state index is 0.660. The van der Waals surface area contributed by atoms with Gasteiger partial charge in [-0.15, -0.1) is 0 Å². The Hall–Kier alpha value is -1.88. The van der Waals surface area contributed by atoms with Gasteiger partial charge in [-0.05, 0) is 38.1 Å². The Morgan fingerprint density at radius 2 is 1.95 bits per heavy atom. The maximum absolute atomic E-state index is 4.53. The normalized spacial score (nSPS) is 15.7. The fraction of sp³-hybridized carbons (Fsp3) is 0.467. The zero-order chi connectivity index (χ0) is 13.8. The van der Waals surface area contributed by atoms with E-state index in [1.807, 2.05) is 25.2 Å². The third kappa shape index (κ3) is 2.82. The van der Waals surface area contributed by atoms with E-state index in [4.69, 9.17) is 0 Å². The van der Waals surface area contributed by atoms with Crippen LogP contribution in [0.5, 0.6) is 0 Å². The molecule has 3 rings (SSSR count). The first kappa shape index (κ1) is 13.1. The molecule has 0 radical (unpaired) electrons. The zero-order valence-corrected chi connectivity index (χ0v) is 11.9. The summed E-state index contributed by atoms with van der Waals surface area (Å²) in [6.07, 6.45) is 2.67. The number of nitrogens with one attached hydrogen (secondary N) is 2. The van der Waals surface area contributed by atoms with Gasteiger partial charge in [-0.3, -0.25) is 0 Å². The van der Waals surface area contributed by atoms with Gasteiger partial charge in [-0.1, -0.05) is 12.1 Å². The van der Waals surface area contributed by atoms with Gasteiger partial charge < -0.3 is 15.5 Å². The van der Waals surface area contributed by atoms with Crippen LogP contribution < -0.4 is 10.6 Å². The smallest absolute Gasteiger partial charge is 0.224 e. The molecule has 1 aliphatic heterocycles. The van der Waals surface area contributed by atoms with Crippen molar-refractivity contribution in [1.29, 1.82) is 0 Å². The van der Waals surface area contributed by atoms with Gasteiger partial charge in [-0.25, -0.2) is 4.98 Å². The fourth-order valence-corrected chi connectivity index (χ4v) is 2.66. The molecule has 2 aromatic rings. The Balaban J connectivity index is 1.75. The third-order valence-electron chi connectivity index (χ3n) is 3.75. The first-order valence-corrected chi connectivity index (χ1v) is 7.27. The lowest BCUT2D eigenvalue weighted by Crippen LogP contribution is -2.26. The molecule has 0 unspecified atom stereocenters. The van der Waals surface area contributed by atoms with Gasteiger partial charge in [0.2, 0.25) is 5.95 Å². The Labute approximate surface area is 119 Å². The van der Waals surface area contributed by atoms with E-state index >= 15 is 0 Å². The summed E-state index contributed by atoms with van der Waals surface area (Å²) in [5, 5.41) is 7.55. The van der Waals surface area contributed by atoms with Crippen LogP contribution in [-0.4, -0.2) is 48.1 Å². The molecule has 1 aromatic carbocycles. The van der Waals surface area contributed by atoms with Crippen LogP contribution in [-0.2, 0) is 0 Å². The molecule has 2 N–H and O–H groups in total. The van der Waals surface area contributed by atoms with E-state index in [1.54, 1.807) is 0 Å². The lowest BCUT2D eigenvalue weighted by Gasteiger charge is -2.16. The summed E-state index contributed by atoms with van der Waals surface area (Å²) in [7, 11) is 1.85. The number of nitrogens with zero attached hydrogens (tertiary/aromatic N) is 3. The molecule has 1 saturated heterocycles. The maximum atomic E-state index is 4.53. The molecular formula is C15H21N5. The Morgan fingerprint density at radius 3 is 2.75 bits per heavy atom. The van der Waals surface area contributed by atoms with Crippen molar-refractivity contribution in [2.75, 3.05) is 43.9 Å². The molecule has 20 heavy (non-hydrogen) atoms. The largest absolute Gasteiger partial charge is 0.368 e. The molecule has 1 aliphatic rings. The van der Waals surface area contributed by atoms with Crippen LogP contribution in [0.1, 0.15) is 12.8 Å². The highest BCUT2D eigenvalue weighted by molar-refractivity contribution is 5.89. The van der Waals surface area contributed by atoms with Gasteiger partial charge >= 0.3 is 0 Å². The minimum atomic E-state index is 0.660. The summed E-state index contributed by atoms with van der Waals surface area (Å²) in [6, 6.07) is 8.11. The molecule has 0 aliphatic carbocycles. The fourth-order valence-electron chi connectivity index (χ4n) is 2.66. The first-order valence-electron chi connectivity index (χ1n) is 7.27. The second-order valence-electron chi connectivity index (χ2n) is 5.14. The topological polar surface area (TPSA) is 53.1 Å². The standard InChI is InChI=1S/C15H21N5/c1-16-15-18-13-7-3-2-6-12(13)14(19-15)17-8-11-20-9-4-5-10-20/h2-3,6-7H,4-5,8-11H2,1H3,(H2,16,17,18,19). The van der Waals surface area contributed by atoms with Gasteiger partial charge in [0.1, 0.15) is 5.82 Å². The highest BCUT2D eigenvalue weighted by atomic mass is 15.2. The first-order chi connectivity index (χ1) is 9.86. The quantitative estimate of drug-likeness (QED) is 0.873. The van der Waals surface area contributed by atoms with E-state index in [0.29, 0.717) is 5.95 Å².